The van der Waals surface area contributed by atoms with E-state index < -0.39 is 0 Å². The van der Waals surface area contributed by atoms with Crippen LogP contribution < -0.4 is 0 Å². The van der Waals surface area contributed by atoms with Crippen molar-refractivity contribution in [1.29, 1.82) is 0 Å². The molecule has 1 atom stereocenters. The van der Waals surface area contributed by atoms with Crippen molar-refractivity contribution in [2.45, 2.75) is 11.8 Å². The quantitative estimate of drug-likeness (QED) is 0.607. The average Bonchev–Trinajstić information content (AvgIpc) is 3.42. The zero-order valence-electron chi connectivity index (χ0n) is 13.2. The number of H-pyrrole nitrogens is 1. The number of rotatable bonds is 3. The molecule has 1 N–H and O–H groups in total. The summed E-state index contributed by atoms with van der Waals surface area (Å²) in [6.07, 6.45) is 10.3. The standard InChI is InChI=1S/C19H14N4OS/c1-2-4-13(5-3-1)19(16-11-20-12-25-16)7-6-14-15(10-19)22-23-17(14)18-21-8-9-24-18/h1-9,11-12H,10H2,(H,22,23). The van der Waals surface area contributed by atoms with Gasteiger partial charge in [0.1, 0.15) is 6.26 Å². The van der Waals surface area contributed by atoms with Gasteiger partial charge < -0.3 is 4.42 Å². The van der Waals surface area contributed by atoms with Crippen molar-refractivity contribution in [2.75, 3.05) is 0 Å². The predicted octanol–water partition coefficient (Wildman–Crippen LogP) is 4.08. The lowest BCUT2D eigenvalue weighted by Gasteiger charge is -2.32. The Morgan fingerprint density at radius 2 is 2.12 bits per heavy atom. The highest BCUT2D eigenvalue weighted by Gasteiger charge is 2.38. The predicted molar refractivity (Wildman–Crippen MR) is 96.2 cm³/mol. The molecule has 0 saturated carbocycles. The van der Waals surface area contributed by atoms with Crippen LogP contribution in [0.4, 0.5) is 0 Å². The summed E-state index contributed by atoms with van der Waals surface area (Å²) in [5.41, 5.74) is 5.76. The third-order valence-electron chi connectivity index (χ3n) is 4.67. The Balaban J connectivity index is 1.66. The summed E-state index contributed by atoms with van der Waals surface area (Å²) in [6.45, 7) is 0. The molecule has 3 heterocycles. The van der Waals surface area contributed by atoms with Crippen LogP contribution in [0, 0.1) is 0 Å². The number of thiazole rings is 1. The van der Waals surface area contributed by atoms with E-state index in [9.17, 15) is 0 Å². The number of nitrogens with zero attached hydrogens (tertiary/aromatic N) is 3. The monoisotopic (exact) mass is 346 g/mol. The van der Waals surface area contributed by atoms with Gasteiger partial charge in [0.15, 0.2) is 5.69 Å². The smallest absolute Gasteiger partial charge is 0.247 e. The molecule has 3 aromatic heterocycles. The van der Waals surface area contributed by atoms with Crippen molar-refractivity contribution in [3.8, 4) is 11.6 Å². The first-order valence-electron chi connectivity index (χ1n) is 7.98. The molecule has 0 aliphatic heterocycles. The molecule has 0 radical (unpaired) electrons. The lowest BCUT2D eigenvalue weighted by molar-refractivity contribution is 0.571. The van der Waals surface area contributed by atoms with Gasteiger partial charge in [0.25, 0.3) is 0 Å². The van der Waals surface area contributed by atoms with E-state index in [4.69, 9.17) is 4.42 Å². The van der Waals surface area contributed by atoms with Crippen molar-refractivity contribution in [2.24, 2.45) is 0 Å². The van der Waals surface area contributed by atoms with Gasteiger partial charge in [0.2, 0.25) is 5.89 Å². The molecule has 25 heavy (non-hydrogen) atoms. The fourth-order valence-corrected chi connectivity index (χ4v) is 4.27. The second kappa shape index (κ2) is 5.53. The summed E-state index contributed by atoms with van der Waals surface area (Å²) in [6, 6.07) is 10.5. The number of aromatic nitrogens is 4. The lowest BCUT2D eigenvalue weighted by atomic mass is 9.72. The highest BCUT2D eigenvalue weighted by Crippen LogP contribution is 2.43. The van der Waals surface area contributed by atoms with Gasteiger partial charge in [-0.05, 0) is 5.56 Å². The van der Waals surface area contributed by atoms with Crippen molar-refractivity contribution in [3.63, 3.8) is 0 Å². The van der Waals surface area contributed by atoms with Gasteiger partial charge in [-0.25, -0.2) is 4.98 Å². The van der Waals surface area contributed by atoms with E-state index in [0.717, 1.165) is 23.4 Å². The van der Waals surface area contributed by atoms with Gasteiger partial charge >= 0.3 is 0 Å². The van der Waals surface area contributed by atoms with Crippen molar-refractivity contribution >= 4 is 17.4 Å². The van der Waals surface area contributed by atoms with Crippen LogP contribution in [-0.4, -0.2) is 20.2 Å². The Kier molecular flexibility index (Phi) is 3.18. The molecule has 1 aromatic carbocycles. The molecule has 1 aliphatic rings. The van der Waals surface area contributed by atoms with Gasteiger partial charge in [-0.15, -0.1) is 11.3 Å². The Morgan fingerprint density at radius 1 is 1.20 bits per heavy atom. The number of oxazole rings is 1. The van der Waals surface area contributed by atoms with Crippen LogP contribution >= 0.6 is 11.3 Å². The summed E-state index contributed by atoms with van der Waals surface area (Å²) in [5.74, 6) is 0.534. The average molecular weight is 346 g/mol. The van der Waals surface area contributed by atoms with Crippen LogP contribution in [0.25, 0.3) is 17.7 Å². The lowest BCUT2D eigenvalue weighted by Crippen LogP contribution is -2.29. The number of fused-ring (bicyclic) bond motifs is 1. The van der Waals surface area contributed by atoms with Gasteiger partial charge in [0, 0.05) is 28.8 Å². The Hall–Kier alpha value is -2.99. The fraction of sp³-hybridized carbons (Fsp3) is 0.105. The molecule has 1 unspecified atom stereocenters. The van der Waals surface area contributed by atoms with Crippen molar-refractivity contribution in [3.05, 3.63) is 82.3 Å². The van der Waals surface area contributed by atoms with E-state index in [1.165, 1.54) is 10.4 Å². The fourth-order valence-electron chi connectivity index (χ4n) is 3.45. The van der Waals surface area contributed by atoms with E-state index in [0.29, 0.717) is 5.89 Å². The molecule has 0 saturated heterocycles. The number of aromatic amines is 1. The number of allylic oxidation sites excluding steroid dienone is 1. The van der Waals surface area contributed by atoms with Crippen LogP contribution in [0.5, 0.6) is 0 Å². The molecule has 0 amide bonds. The number of hydrogen-bond donors (Lipinski definition) is 1. The van der Waals surface area contributed by atoms with Crippen LogP contribution in [-0.2, 0) is 11.8 Å². The van der Waals surface area contributed by atoms with Gasteiger partial charge in [-0.2, -0.15) is 5.10 Å². The third-order valence-corrected chi connectivity index (χ3v) is 5.62. The highest BCUT2D eigenvalue weighted by molar-refractivity contribution is 7.09. The van der Waals surface area contributed by atoms with E-state index in [1.54, 1.807) is 23.8 Å². The normalized spacial score (nSPS) is 19.0. The largest absolute Gasteiger partial charge is 0.443 e. The van der Waals surface area contributed by atoms with E-state index in [1.807, 2.05) is 17.8 Å². The minimum Gasteiger partial charge on any atom is -0.443 e. The third kappa shape index (κ3) is 2.18. The molecule has 1 aliphatic carbocycles. The summed E-state index contributed by atoms with van der Waals surface area (Å²) >= 11 is 1.67. The highest BCUT2D eigenvalue weighted by atomic mass is 32.1. The SMILES string of the molecule is C1=CC(c2ccccc2)(c2cncs2)Cc2[nH]nc(-c3ncco3)c21. The minimum absolute atomic E-state index is 0.240. The molecule has 0 spiro atoms. The second-order valence-corrected chi connectivity index (χ2v) is 6.90. The minimum atomic E-state index is -0.240. The maximum absolute atomic E-state index is 5.42. The zero-order valence-corrected chi connectivity index (χ0v) is 14.0. The van der Waals surface area contributed by atoms with Gasteiger partial charge in [-0.1, -0.05) is 42.5 Å². The first kappa shape index (κ1) is 14.4. The molecule has 5 rings (SSSR count). The molecule has 4 aromatic rings. The van der Waals surface area contributed by atoms with Gasteiger partial charge in [-0.3, -0.25) is 10.1 Å². The Morgan fingerprint density at radius 3 is 2.88 bits per heavy atom. The van der Waals surface area contributed by atoms with Crippen molar-refractivity contribution in [1.82, 2.24) is 20.2 Å². The summed E-state index contributed by atoms with van der Waals surface area (Å²) < 4.78 is 5.42. The summed E-state index contributed by atoms with van der Waals surface area (Å²) in [4.78, 5) is 9.74. The molecule has 0 bridgehead atoms. The Labute approximate surface area is 148 Å². The molecule has 6 heteroatoms. The number of nitrogens with one attached hydrogen (secondary N) is 1. The maximum atomic E-state index is 5.42. The van der Waals surface area contributed by atoms with Crippen molar-refractivity contribution < 1.29 is 4.42 Å². The van der Waals surface area contributed by atoms with Crippen LogP contribution in [0.15, 0.2) is 65.0 Å². The van der Waals surface area contributed by atoms with E-state index in [-0.39, 0.29) is 5.41 Å². The van der Waals surface area contributed by atoms with Crippen LogP contribution in [0.2, 0.25) is 0 Å². The first-order valence-corrected chi connectivity index (χ1v) is 8.86. The van der Waals surface area contributed by atoms with E-state index in [2.05, 4.69) is 56.6 Å². The number of benzene rings is 1. The molecular formula is C19H14N4OS. The first-order chi connectivity index (χ1) is 12.4. The molecular weight excluding hydrogens is 332 g/mol. The number of hydrogen-bond acceptors (Lipinski definition) is 5. The molecule has 0 fully saturated rings. The molecule has 5 nitrogen and oxygen atoms in total. The zero-order chi connectivity index (χ0) is 16.7. The summed E-state index contributed by atoms with van der Waals surface area (Å²) in [5, 5.41) is 7.62. The van der Waals surface area contributed by atoms with Crippen LogP contribution in [0.3, 0.4) is 0 Å². The maximum Gasteiger partial charge on any atom is 0.247 e. The Bertz CT molecular complexity index is 1020. The summed E-state index contributed by atoms with van der Waals surface area (Å²) in [7, 11) is 0. The van der Waals surface area contributed by atoms with Crippen LogP contribution in [0.1, 0.15) is 21.7 Å². The van der Waals surface area contributed by atoms with Gasteiger partial charge in [0.05, 0.1) is 17.1 Å². The second-order valence-electron chi connectivity index (χ2n) is 6.01. The molecule has 122 valence electrons. The topological polar surface area (TPSA) is 67.6 Å². The van der Waals surface area contributed by atoms with E-state index >= 15 is 0 Å².